The monoisotopic (exact) mass is 368 g/mol. The summed E-state index contributed by atoms with van der Waals surface area (Å²) < 4.78 is 5.31. The first-order chi connectivity index (χ1) is 11.4. The highest BCUT2D eigenvalue weighted by molar-refractivity contribution is 6.35. The van der Waals surface area contributed by atoms with Crippen LogP contribution in [0.3, 0.4) is 0 Å². The van der Waals surface area contributed by atoms with Gasteiger partial charge in [-0.1, -0.05) is 40.4 Å². The standard InChI is InChI=1S/C18H22Cl2N2O2/c1-13(2)5-4-6-14(3)9-10-21-22-18(23)12-24-17-8-7-15(19)11-16(17)20/h5,7-11H,4,6,12H2,1-3H3,(H,22,23)/b14-9-,21-10?. The van der Waals surface area contributed by atoms with E-state index in [9.17, 15) is 4.79 Å². The van der Waals surface area contributed by atoms with Crippen LogP contribution >= 0.6 is 23.2 Å². The van der Waals surface area contributed by atoms with Crippen LogP contribution in [0, 0.1) is 0 Å². The Bertz CT molecular complexity index is 648. The second-order valence-corrected chi connectivity index (χ2v) is 6.35. The first-order valence-electron chi connectivity index (χ1n) is 7.57. The summed E-state index contributed by atoms with van der Waals surface area (Å²) >= 11 is 11.7. The number of allylic oxidation sites excluding steroid dienone is 4. The smallest absolute Gasteiger partial charge is 0.277 e. The lowest BCUT2D eigenvalue weighted by atomic mass is 10.1. The first-order valence-corrected chi connectivity index (χ1v) is 8.33. The van der Waals surface area contributed by atoms with Gasteiger partial charge >= 0.3 is 0 Å². The third kappa shape index (κ3) is 8.75. The third-order valence-corrected chi connectivity index (χ3v) is 3.50. The van der Waals surface area contributed by atoms with Crippen LogP contribution in [-0.2, 0) is 4.79 Å². The van der Waals surface area contributed by atoms with Gasteiger partial charge in [-0.15, -0.1) is 0 Å². The van der Waals surface area contributed by atoms with Gasteiger partial charge in [-0.05, 0) is 57.9 Å². The molecule has 0 spiro atoms. The van der Waals surface area contributed by atoms with E-state index in [1.165, 1.54) is 11.1 Å². The van der Waals surface area contributed by atoms with Crippen molar-refractivity contribution in [1.82, 2.24) is 5.43 Å². The van der Waals surface area contributed by atoms with Crippen molar-refractivity contribution in [2.75, 3.05) is 6.61 Å². The molecular formula is C18H22Cl2N2O2. The molecule has 1 amide bonds. The molecule has 0 aliphatic carbocycles. The molecule has 6 heteroatoms. The zero-order chi connectivity index (χ0) is 17.9. The number of benzene rings is 1. The van der Waals surface area contributed by atoms with Crippen LogP contribution in [0.25, 0.3) is 0 Å². The molecule has 130 valence electrons. The van der Waals surface area contributed by atoms with Gasteiger partial charge < -0.3 is 4.74 Å². The molecule has 0 atom stereocenters. The highest BCUT2D eigenvalue weighted by Crippen LogP contribution is 2.27. The molecular weight excluding hydrogens is 347 g/mol. The molecule has 0 heterocycles. The number of halogens is 2. The normalized spacial score (nSPS) is 11.5. The maximum Gasteiger partial charge on any atom is 0.277 e. The summed E-state index contributed by atoms with van der Waals surface area (Å²) in [6.07, 6.45) is 7.58. The van der Waals surface area contributed by atoms with Crippen LogP contribution in [0.1, 0.15) is 33.6 Å². The minimum absolute atomic E-state index is 0.179. The number of nitrogens with one attached hydrogen (secondary N) is 1. The number of amides is 1. The number of carbonyl (C=O) groups is 1. The van der Waals surface area contributed by atoms with Crippen LogP contribution in [0.4, 0.5) is 0 Å². The van der Waals surface area contributed by atoms with Gasteiger partial charge in [-0.2, -0.15) is 5.10 Å². The summed E-state index contributed by atoms with van der Waals surface area (Å²) in [7, 11) is 0. The summed E-state index contributed by atoms with van der Waals surface area (Å²) in [5.74, 6) is 0.0306. The Labute approximate surface area is 153 Å². The highest BCUT2D eigenvalue weighted by Gasteiger charge is 2.05. The largest absolute Gasteiger partial charge is 0.482 e. The molecule has 1 aromatic carbocycles. The van der Waals surface area contributed by atoms with E-state index in [4.69, 9.17) is 27.9 Å². The van der Waals surface area contributed by atoms with E-state index in [1.54, 1.807) is 24.4 Å². The van der Waals surface area contributed by atoms with Crippen LogP contribution in [-0.4, -0.2) is 18.7 Å². The number of hydrazone groups is 1. The van der Waals surface area contributed by atoms with Gasteiger partial charge in [0, 0.05) is 11.2 Å². The molecule has 0 fully saturated rings. The number of hydrogen-bond donors (Lipinski definition) is 1. The zero-order valence-corrected chi connectivity index (χ0v) is 15.6. The van der Waals surface area contributed by atoms with Crippen LogP contribution < -0.4 is 10.2 Å². The van der Waals surface area contributed by atoms with E-state index in [0.29, 0.717) is 15.8 Å². The first kappa shape index (κ1) is 20.3. The molecule has 1 rings (SSSR count). The average molecular weight is 369 g/mol. The predicted octanol–water partition coefficient (Wildman–Crippen LogP) is 5.17. The Morgan fingerprint density at radius 3 is 2.71 bits per heavy atom. The zero-order valence-electron chi connectivity index (χ0n) is 14.1. The number of rotatable bonds is 8. The van der Waals surface area contributed by atoms with E-state index >= 15 is 0 Å². The minimum atomic E-state index is -0.368. The molecule has 1 aromatic rings. The van der Waals surface area contributed by atoms with Gasteiger partial charge in [0.1, 0.15) is 5.75 Å². The van der Waals surface area contributed by atoms with E-state index in [0.717, 1.165) is 12.8 Å². The Hall–Kier alpha value is -1.78. The molecule has 0 saturated heterocycles. The number of ether oxygens (including phenoxy) is 1. The molecule has 0 bridgehead atoms. The predicted molar refractivity (Wildman–Crippen MR) is 101 cm³/mol. The second kappa shape index (κ2) is 10.9. The quantitative estimate of drug-likeness (QED) is 0.391. The van der Waals surface area contributed by atoms with Crippen LogP contribution in [0.15, 0.2) is 46.6 Å². The number of nitrogens with zero attached hydrogens (tertiary/aromatic N) is 1. The molecule has 0 unspecified atom stereocenters. The van der Waals surface area contributed by atoms with E-state index < -0.39 is 0 Å². The van der Waals surface area contributed by atoms with Crippen molar-refractivity contribution in [3.8, 4) is 5.75 Å². The number of carbonyl (C=O) groups excluding carboxylic acids is 1. The van der Waals surface area contributed by atoms with Gasteiger partial charge in [0.25, 0.3) is 5.91 Å². The van der Waals surface area contributed by atoms with Crippen LogP contribution in [0.5, 0.6) is 5.75 Å². The topological polar surface area (TPSA) is 50.7 Å². The van der Waals surface area contributed by atoms with Crippen molar-refractivity contribution in [3.05, 3.63) is 51.5 Å². The summed E-state index contributed by atoms with van der Waals surface area (Å²) in [6, 6.07) is 4.80. The minimum Gasteiger partial charge on any atom is -0.482 e. The second-order valence-electron chi connectivity index (χ2n) is 5.51. The van der Waals surface area contributed by atoms with Gasteiger partial charge in [-0.3, -0.25) is 4.79 Å². The van der Waals surface area contributed by atoms with Crippen molar-refractivity contribution in [3.63, 3.8) is 0 Å². The van der Waals surface area contributed by atoms with Crippen molar-refractivity contribution < 1.29 is 9.53 Å². The average Bonchev–Trinajstić information content (AvgIpc) is 2.50. The third-order valence-electron chi connectivity index (χ3n) is 2.97. The fraction of sp³-hybridized carbons (Fsp3) is 0.333. The fourth-order valence-electron chi connectivity index (χ4n) is 1.71. The molecule has 0 aliphatic rings. The van der Waals surface area contributed by atoms with Gasteiger partial charge in [-0.25, -0.2) is 5.43 Å². The highest BCUT2D eigenvalue weighted by atomic mass is 35.5. The molecule has 1 N–H and O–H groups in total. The van der Waals surface area contributed by atoms with Gasteiger partial charge in [0.05, 0.1) is 5.02 Å². The fourth-order valence-corrected chi connectivity index (χ4v) is 2.18. The van der Waals surface area contributed by atoms with Gasteiger partial charge in [0.15, 0.2) is 6.61 Å². The molecule has 0 saturated carbocycles. The van der Waals surface area contributed by atoms with E-state index in [-0.39, 0.29) is 12.5 Å². The molecule has 24 heavy (non-hydrogen) atoms. The lowest BCUT2D eigenvalue weighted by Gasteiger charge is -2.06. The van der Waals surface area contributed by atoms with Crippen molar-refractivity contribution >= 4 is 35.3 Å². The summed E-state index contributed by atoms with van der Waals surface area (Å²) in [6.45, 7) is 6.00. The Kier molecular flexibility index (Phi) is 9.20. The molecule has 0 aliphatic heterocycles. The maximum atomic E-state index is 11.6. The molecule has 0 aromatic heterocycles. The lowest BCUT2D eigenvalue weighted by Crippen LogP contribution is -2.24. The maximum absolute atomic E-state index is 11.6. The van der Waals surface area contributed by atoms with Crippen molar-refractivity contribution in [1.29, 1.82) is 0 Å². The van der Waals surface area contributed by atoms with Crippen molar-refractivity contribution in [2.45, 2.75) is 33.6 Å². The molecule has 4 nitrogen and oxygen atoms in total. The van der Waals surface area contributed by atoms with Gasteiger partial charge in [0.2, 0.25) is 0 Å². The SMILES string of the molecule is CC(C)=CCC/C(C)=C\C=NNC(=O)COc1ccc(Cl)cc1Cl. The van der Waals surface area contributed by atoms with E-state index in [1.807, 2.05) is 13.0 Å². The summed E-state index contributed by atoms with van der Waals surface area (Å²) in [5.41, 5.74) is 4.89. The lowest BCUT2D eigenvalue weighted by molar-refractivity contribution is -0.123. The van der Waals surface area contributed by atoms with E-state index in [2.05, 4.69) is 30.5 Å². The van der Waals surface area contributed by atoms with Crippen molar-refractivity contribution in [2.24, 2.45) is 5.10 Å². The summed E-state index contributed by atoms with van der Waals surface area (Å²) in [5, 5.41) is 4.72. The Morgan fingerprint density at radius 1 is 1.29 bits per heavy atom. The summed E-state index contributed by atoms with van der Waals surface area (Å²) in [4.78, 5) is 11.6. The Balaban J connectivity index is 2.33. The number of hydrogen-bond acceptors (Lipinski definition) is 3. The molecule has 0 radical (unpaired) electrons. The van der Waals surface area contributed by atoms with Crippen LogP contribution in [0.2, 0.25) is 10.0 Å². The Morgan fingerprint density at radius 2 is 2.04 bits per heavy atom.